The van der Waals surface area contributed by atoms with Gasteiger partial charge in [0.05, 0.1) is 6.20 Å². The van der Waals surface area contributed by atoms with Crippen LogP contribution in [-0.4, -0.2) is 34.9 Å². The molecule has 1 amide bonds. The molecule has 1 aromatic heterocycles. The van der Waals surface area contributed by atoms with Crippen molar-refractivity contribution >= 4 is 5.91 Å². The molecule has 0 saturated heterocycles. The van der Waals surface area contributed by atoms with Crippen molar-refractivity contribution in [2.75, 3.05) is 14.1 Å². The van der Waals surface area contributed by atoms with Gasteiger partial charge >= 0.3 is 0 Å². The summed E-state index contributed by atoms with van der Waals surface area (Å²) in [6.45, 7) is 6.22. The number of rotatable bonds is 2. The summed E-state index contributed by atoms with van der Waals surface area (Å²) >= 11 is 0. The first-order valence-corrected chi connectivity index (χ1v) is 6.25. The number of benzene rings is 1. The summed E-state index contributed by atoms with van der Waals surface area (Å²) in [5.41, 5.74) is 5.19. The van der Waals surface area contributed by atoms with Crippen LogP contribution in [0.4, 0.5) is 0 Å². The first-order valence-electron chi connectivity index (χ1n) is 6.25. The second-order valence-electron chi connectivity index (χ2n) is 5.10. The summed E-state index contributed by atoms with van der Waals surface area (Å²) in [5.74, 6) is 0.672. The molecule has 0 unspecified atom stereocenters. The van der Waals surface area contributed by atoms with Crippen LogP contribution in [0.3, 0.4) is 0 Å². The van der Waals surface area contributed by atoms with E-state index in [2.05, 4.69) is 42.9 Å². The molecule has 0 aliphatic carbocycles. The third-order valence-corrected chi connectivity index (χ3v) is 3.31. The normalized spacial score (nSPS) is 10.6. The van der Waals surface area contributed by atoms with Crippen LogP contribution in [0.25, 0.3) is 11.4 Å². The van der Waals surface area contributed by atoms with Crippen LogP contribution < -0.4 is 0 Å². The van der Waals surface area contributed by atoms with Gasteiger partial charge in [0.2, 0.25) is 0 Å². The van der Waals surface area contributed by atoms with Gasteiger partial charge in [-0.1, -0.05) is 6.07 Å². The fourth-order valence-electron chi connectivity index (χ4n) is 2.02. The lowest BCUT2D eigenvalue weighted by atomic mass is 10.0. The summed E-state index contributed by atoms with van der Waals surface area (Å²) < 4.78 is 0. The number of aromatic nitrogens is 2. The summed E-state index contributed by atoms with van der Waals surface area (Å²) in [5, 5.41) is 0. The number of carbonyl (C=O) groups excluding carboxylic acids is 1. The smallest absolute Gasteiger partial charge is 0.271 e. The van der Waals surface area contributed by atoms with E-state index in [1.807, 2.05) is 0 Å². The Kier molecular flexibility index (Phi) is 3.42. The zero-order valence-corrected chi connectivity index (χ0v) is 12.0. The highest BCUT2D eigenvalue weighted by atomic mass is 16.2. The first-order chi connectivity index (χ1) is 8.90. The Morgan fingerprint density at radius 1 is 1.11 bits per heavy atom. The van der Waals surface area contributed by atoms with Crippen molar-refractivity contribution in [2.45, 2.75) is 20.8 Å². The fraction of sp³-hybridized carbons (Fsp3) is 0.333. The van der Waals surface area contributed by atoms with Gasteiger partial charge in [-0.05, 0) is 43.5 Å². The number of amides is 1. The van der Waals surface area contributed by atoms with Gasteiger partial charge in [-0.15, -0.1) is 0 Å². The number of H-pyrrole nitrogens is 1. The van der Waals surface area contributed by atoms with E-state index in [0.717, 1.165) is 17.0 Å². The number of aromatic amines is 1. The van der Waals surface area contributed by atoms with Gasteiger partial charge in [0.1, 0.15) is 11.5 Å². The van der Waals surface area contributed by atoms with Crippen LogP contribution in [0.1, 0.15) is 27.2 Å². The highest BCUT2D eigenvalue weighted by Crippen LogP contribution is 2.24. The molecule has 0 spiro atoms. The third kappa shape index (κ3) is 2.52. The molecule has 0 aliphatic rings. The molecule has 4 heteroatoms. The molecule has 2 rings (SSSR count). The minimum absolute atomic E-state index is 0.0692. The summed E-state index contributed by atoms with van der Waals surface area (Å²) in [7, 11) is 3.45. The molecule has 0 radical (unpaired) electrons. The molecular formula is C15H19N3O. The molecule has 1 heterocycles. The number of hydrogen-bond acceptors (Lipinski definition) is 2. The molecule has 19 heavy (non-hydrogen) atoms. The maximum atomic E-state index is 11.8. The van der Waals surface area contributed by atoms with Crippen molar-refractivity contribution in [1.82, 2.24) is 14.9 Å². The van der Waals surface area contributed by atoms with Gasteiger partial charge in [-0.3, -0.25) is 4.79 Å². The topological polar surface area (TPSA) is 49.0 Å². The van der Waals surface area contributed by atoms with Gasteiger partial charge in [-0.2, -0.15) is 0 Å². The Morgan fingerprint density at radius 3 is 2.37 bits per heavy atom. The Balaban J connectivity index is 2.44. The second-order valence-corrected chi connectivity index (χ2v) is 5.10. The van der Waals surface area contributed by atoms with E-state index in [1.54, 1.807) is 20.3 Å². The van der Waals surface area contributed by atoms with Crippen LogP contribution in [0.2, 0.25) is 0 Å². The monoisotopic (exact) mass is 257 g/mol. The first kappa shape index (κ1) is 13.3. The predicted molar refractivity (Wildman–Crippen MR) is 76.3 cm³/mol. The Labute approximate surface area is 113 Å². The summed E-state index contributed by atoms with van der Waals surface area (Å²) in [6, 6.07) is 4.24. The van der Waals surface area contributed by atoms with Crippen LogP contribution in [0, 0.1) is 20.8 Å². The van der Waals surface area contributed by atoms with E-state index in [9.17, 15) is 4.79 Å². The van der Waals surface area contributed by atoms with E-state index in [1.165, 1.54) is 16.0 Å². The van der Waals surface area contributed by atoms with Crippen molar-refractivity contribution in [1.29, 1.82) is 0 Å². The average Bonchev–Trinajstić information content (AvgIpc) is 2.81. The molecule has 0 aliphatic heterocycles. The van der Waals surface area contributed by atoms with Crippen LogP contribution in [-0.2, 0) is 0 Å². The van der Waals surface area contributed by atoms with Crippen LogP contribution in [0.15, 0.2) is 18.3 Å². The molecule has 4 nitrogen and oxygen atoms in total. The van der Waals surface area contributed by atoms with Gasteiger partial charge in [0.25, 0.3) is 5.91 Å². The predicted octanol–water partition coefficient (Wildman–Crippen LogP) is 2.70. The van der Waals surface area contributed by atoms with Crippen LogP contribution in [0.5, 0.6) is 0 Å². The number of carbonyl (C=O) groups is 1. The van der Waals surface area contributed by atoms with Gasteiger partial charge in [0, 0.05) is 19.7 Å². The number of aryl methyl sites for hydroxylation is 3. The average molecular weight is 257 g/mol. The highest BCUT2D eigenvalue weighted by Gasteiger charge is 2.13. The molecule has 0 saturated carbocycles. The molecular weight excluding hydrogens is 238 g/mol. The summed E-state index contributed by atoms with van der Waals surface area (Å²) in [6.07, 6.45) is 1.59. The Hall–Kier alpha value is -2.10. The van der Waals surface area contributed by atoms with Gasteiger partial charge < -0.3 is 9.88 Å². The Bertz CT molecular complexity index is 626. The molecule has 0 bridgehead atoms. The second kappa shape index (κ2) is 4.88. The van der Waals surface area contributed by atoms with E-state index in [-0.39, 0.29) is 5.91 Å². The largest absolute Gasteiger partial charge is 0.343 e. The van der Waals surface area contributed by atoms with Crippen molar-refractivity contribution in [3.05, 3.63) is 40.7 Å². The molecule has 1 N–H and O–H groups in total. The number of imidazole rings is 1. The molecule has 0 atom stereocenters. The minimum Gasteiger partial charge on any atom is -0.343 e. The maximum Gasteiger partial charge on any atom is 0.271 e. The van der Waals surface area contributed by atoms with Crippen molar-refractivity contribution in [2.24, 2.45) is 0 Å². The molecule has 2 aromatic rings. The van der Waals surface area contributed by atoms with Crippen LogP contribution >= 0.6 is 0 Å². The maximum absolute atomic E-state index is 11.8. The highest BCUT2D eigenvalue weighted by molar-refractivity contribution is 5.92. The van der Waals surface area contributed by atoms with E-state index in [4.69, 9.17) is 0 Å². The lowest BCUT2D eigenvalue weighted by molar-refractivity contribution is 0.0822. The third-order valence-electron chi connectivity index (χ3n) is 3.31. The Morgan fingerprint density at radius 2 is 1.74 bits per heavy atom. The van der Waals surface area contributed by atoms with Gasteiger partial charge in [0.15, 0.2) is 0 Å². The molecule has 0 fully saturated rings. The number of hydrogen-bond donors (Lipinski definition) is 1. The minimum atomic E-state index is -0.0692. The zero-order chi connectivity index (χ0) is 14.2. The standard InChI is InChI=1S/C15H19N3O/c1-9-6-11(3)12(7-10(9)2)14-16-8-13(17-14)15(19)18(4)5/h6-8H,1-5H3,(H,16,17). The quantitative estimate of drug-likeness (QED) is 0.899. The SMILES string of the molecule is Cc1cc(C)c(-c2ncc(C(=O)N(C)C)[nH]2)cc1C. The lowest BCUT2D eigenvalue weighted by Crippen LogP contribution is -2.21. The van der Waals surface area contributed by atoms with Crippen molar-refractivity contribution < 1.29 is 4.79 Å². The fourth-order valence-corrected chi connectivity index (χ4v) is 2.02. The van der Waals surface area contributed by atoms with Crippen molar-refractivity contribution in [3.8, 4) is 11.4 Å². The van der Waals surface area contributed by atoms with E-state index < -0.39 is 0 Å². The van der Waals surface area contributed by atoms with Crippen molar-refractivity contribution in [3.63, 3.8) is 0 Å². The number of nitrogens with one attached hydrogen (secondary N) is 1. The number of nitrogens with zero attached hydrogens (tertiary/aromatic N) is 2. The zero-order valence-electron chi connectivity index (χ0n) is 12.0. The van der Waals surface area contributed by atoms with E-state index >= 15 is 0 Å². The lowest BCUT2D eigenvalue weighted by Gasteiger charge is -2.09. The van der Waals surface area contributed by atoms with E-state index in [0.29, 0.717) is 5.69 Å². The molecule has 100 valence electrons. The summed E-state index contributed by atoms with van der Waals surface area (Å²) in [4.78, 5) is 20.8. The van der Waals surface area contributed by atoms with Gasteiger partial charge in [-0.25, -0.2) is 4.98 Å². The molecule has 1 aromatic carbocycles.